The Morgan fingerprint density at radius 1 is 1.64 bits per heavy atom. The van der Waals surface area contributed by atoms with Crippen LogP contribution in [0.3, 0.4) is 0 Å². The third-order valence-corrected chi connectivity index (χ3v) is 4.52. The average Bonchev–Trinajstić information content (AvgIpc) is 2.80. The van der Waals surface area contributed by atoms with Gasteiger partial charge < -0.3 is 5.11 Å². The summed E-state index contributed by atoms with van der Waals surface area (Å²) in [7, 11) is 0. The summed E-state index contributed by atoms with van der Waals surface area (Å²) in [5.41, 5.74) is -0.416. The smallest absolute Gasteiger partial charge is 0.0953 e. The molecule has 76 valence electrons. The van der Waals surface area contributed by atoms with Gasteiger partial charge in [-0.25, -0.2) is 4.98 Å². The molecular weight excluding hydrogens is 194 g/mol. The van der Waals surface area contributed by atoms with E-state index in [2.05, 4.69) is 4.98 Å². The van der Waals surface area contributed by atoms with Gasteiger partial charge in [0.2, 0.25) is 0 Å². The van der Waals surface area contributed by atoms with Crippen LogP contribution in [0, 0.1) is 11.8 Å². The molecule has 1 aromatic heterocycles. The van der Waals surface area contributed by atoms with Gasteiger partial charge in [0.15, 0.2) is 0 Å². The van der Waals surface area contributed by atoms with Crippen molar-refractivity contribution in [1.29, 1.82) is 0 Å². The van der Waals surface area contributed by atoms with Crippen molar-refractivity contribution < 1.29 is 5.11 Å². The molecule has 2 aliphatic rings. The topological polar surface area (TPSA) is 33.1 Å². The Labute approximate surface area is 88.0 Å². The first kappa shape index (κ1) is 8.86. The second-order valence-electron chi connectivity index (χ2n) is 4.70. The van der Waals surface area contributed by atoms with Crippen molar-refractivity contribution in [2.45, 2.75) is 37.7 Å². The van der Waals surface area contributed by atoms with Crippen molar-refractivity contribution in [3.8, 4) is 0 Å². The summed E-state index contributed by atoms with van der Waals surface area (Å²) in [6.07, 6.45) is 7.38. The number of aliphatic hydroxyl groups is 1. The van der Waals surface area contributed by atoms with Crippen LogP contribution in [0.5, 0.6) is 0 Å². The van der Waals surface area contributed by atoms with Crippen molar-refractivity contribution in [1.82, 2.24) is 4.98 Å². The number of thiazole rings is 1. The Balaban J connectivity index is 1.76. The van der Waals surface area contributed by atoms with Crippen LogP contribution in [0.15, 0.2) is 11.6 Å². The highest BCUT2D eigenvalue weighted by atomic mass is 32.1. The standard InChI is InChI=1S/C11H15NOS/c13-11(7-10-12-4-5-14-10)3-1-2-8-6-9(8)11/h4-5,8-9,13H,1-3,6-7H2. The van der Waals surface area contributed by atoms with Gasteiger partial charge in [-0.2, -0.15) is 0 Å². The van der Waals surface area contributed by atoms with Crippen LogP contribution >= 0.6 is 11.3 Å². The summed E-state index contributed by atoms with van der Waals surface area (Å²) in [4.78, 5) is 4.27. The lowest BCUT2D eigenvalue weighted by Gasteiger charge is -2.31. The SMILES string of the molecule is OC1(Cc2nccs2)CCCC2CC21. The molecule has 0 aromatic carbocycles. The number of rotatable bonds is 2. The number of aromatic nitrogens is 1. The molecule has 1 heterocycles. The normalized spacial score (nSPS) is 40.6. The number of hydrogen-bond donors (Lipinski definition) is 1. The van der Waals surface area contributed by atoms with Crippen LogP contribution in [0.4, 0.5) is 0 Å². The molecule has 3 atom stereocenters. The second kappa shape index (κ2) is 3.04. The minimum absolute atomic E-state index is 0.416. The van der Waals surface area contributed by atoms with E-state index in [9.17, 15) is 5.11 Å². The molecule has 3 heteroatoms. The minimum Gasteiger partial charge on any atom is -0.389 e. The van der Waals surface area contributed by atoms with Gasteiger partial charge >= 0.3 is 0 Å². The fourth-order valence-electron chi connectivity index (χ4n) is 2.90. The van der Waals surface area contributed by atoms with Gasteiger partial charge in [-0.1, -0.05) is 6.42 Å². The summed E-state index contributed by atoms with van der Waals surface area (Å²) in [6.45, 7) is 0. The molecule has 1 aromatic rings. The molecule has 0 saturated heterocycles. The van der Waals surface area contributed by atoms with Crippen LogP contribution in [0.2, 0.25) is 0 Å². The van der Waals surface area contributed by atoms with Gasteiger partial charge in [-0.3, -0.25) is 0 Å². The molecular formula is C11H15NOS. The van der Waals surface area contributed by atoms with E-state index in [0.717, 1.165) is 23.8 Å². The zero-order chi connectivity index (χ0) is 9.60. The van der Waals surface area contributed by atoms with Crippen molar-refractivity contribution in [2.24, 2.45) is 11.8 Å². The Hall–Kier alpha value is -0.410. The van der Waals surface area contributed by atoms with E-state index in [1.54, 1.807) is 11.3 Å². The lowest BCUT2D eigenvalue weighted by molar-refractivity contribution is -0.0104. The maximum absolute atomic E-state index is 10.5. The van der Waals surface area contributed by atoms with Crippen molar-refractivity contribution in [3.05, 3.63) is 16.6 Å². The first-order valence-electron chi connectivity index (χ1n) is 5.39. The third kappa shape index (κ3) is 1.39. The fourth-order valence-corrected chi connectivity index (χ4v) is 3.64. The Bertz CT molecular complexity index is 324. The summed E-state index contributed by atoms with van der Waals surface area (Å²) in [5.74, 6) is 1.41. The van der Waals surface area contributed by atoms with Gasteiger partial charge in [0.05, 0.1) is 10.6 Å². The zero-order valence-corrected chi connectivity index (χ0v) is 8.96. The van der Waals surface area contributed by atoms with Gasteiger partial charge in [0.25, 0.3) is 0 Å². The molecule has 1 N–H and O–H groups in total. The number of nitrogens with zero attached hydrogens (tertiary/aromatic N) is 1. The van der Waals surface area contributed by atoms with Crippen LogP contribution in [-0.4, -0.2) is 15.7 Å². The molecule has 2 nitrogen and oxygen atoms in total. The largest absolute Gasteiger partial charge is 0.389 e. The third-order valence-electron chi connectivity index (χ3n) is 3.74. The quantitative estimate of drug-likeness (QED) is 0.810. The fraction of sp³-hybridized carbons (Fsp3) is 0.727. The lowest BCUT2D eigenvalue weighted by atomic mass is 9.82. The van der Waals surface area contributed by atoms with Crippen LogP contribution in [-0.2, 0) is 6.42 Å². The predicted molar refractivity (Wildman–Crippen MR) is 56.2 cm³/mol. The van der Waals surface area contributed by atoms with E-state index < -0.39 is 5.60 Å². The molecule has 0 aliphatic heterocycles. The van der Waals surface area contributed by atoms with Gasteiger partial charge in [0, 0.05) is 18.0 Å². The van der Waals surface area contributed by atoms with Crippen molar-refractivity contribution >= 4 is 11.3 Å². The van der Waals surface area contributed by atoms with E-state index >= 15 is 0 Å². The molecule has 0 bridgehead atoms. The monoisotopic (exact) mass is 209 g/mol. The molecule has 3 rings (SSSR count). The minimum atomic E-state index is -0.416. The predicted octanol–water partition coefficient (Wildman–Crippen LogP) is 2.24. The zero-order valence-electron chi connectivity index (χ0n) is 8.15. The summed E-state index contributed by atoms with van der Waals surface area (Å²) in [5, 5.41) is 13.6. The molecule has 0 radical (unpaired) electrons. The molecule has 14 heavy (non-hydrogen) atoms. The van der Waals surface area contributed by atoms with E-state index in [0.29, 0.717) is 5.92 Å². The van der Waals surface area contributed by atoms with Crippen LogP contribution in [0.25, 0.3) is 0 Å². The van der Waals surface area contributed by atoms with Gasteiger partial charge in [-0.15, -0.1) is 11.3 Å². The van der Waals surface area contributed by atoms with Crippen molar-refractivity contribution in [3.63, 3.8) is 0 Å². The number of hydrogen-bond acceptors (Lipinski definition) is 3. The Morgan fingerprint density at radius 3 is 3.36 bits per heavy atom. The number of fused-ring (bicyclic) bond motifs is 1. The molecule has 0 amide bonds. The van der Waals surface area contributed by atoms with Gasteiger partial charge in [-0.05, 0) is 31.1 Å². The first-order chi connectivity index (χ1) is 6.78. The highest BCUT2D eigenvalue weighted by molar-refractivity contribution is 7.09. The van der Waals surface area contributed by atoms with E-state index in [1.165, 1.54) is 19.3 Å². The summed E-state index contributed by atoms with van der Waals surface area (Å²) < 4.78 is 0. The summed E-state index contributed by atoms with van der Waals surface area (Å²) in [6, 6.07) is 0. The maximum atomic E-state index is 10.5. The highest BCUT2D eigenvalue weighted by Crippen LogP contribution is 2.55. The van der Waals surface area contributed by atoms with Crippen LogP contribution in [0.1, 0.15) is 30.7 Å². The van der Waals surface area contributed by atoms with E-state index in [4.69, 9.17) is 0 Å². The average molecular weight is 209 g/mol. The molecule has 2 fully saturated rings. The van der Waals surface area contributed by atoms with E-state index in [1.807, 2.05) is 11.6 Å². The second-order valence-corrected chi connectivity index (χ2v) is 5.68. The summed E-state index contributed by atoms with van der Waals surface area (Å²) >= 11 is 1.66. The molecule has 0 spiro atoms. The first-order valence-corrected chi connectivity index (χ1v) is 6.27. The van der Waals surface area contributed by atoms with Crippen molar-refractivity contribution in [2.75, 3.05) is 0 Å². The maximum Gasteiger partial charge on any atom is 0.0953 e. The molecule has 2 saturated carbocycles. The van der Waals surface area contributed by atoms with Crippen LogP contribution < -0.4 is 0 Å². The molecule has 2 aliphatic carbocycles. The van der Waals surface area contributed by atoms with E-state index in [-0.39, 0.29) is 0 Å². The highest BCUT2D eigenvalue weighted by Gasteiger charge is 2.53. The Kier molecular flexibility index (Phi) is 1.92. The van der Waals surface area contributed by atoms with Gasteiger partial charge in [0.1, 0.15) is 0 Å². The molecule has 3 unspecified atom stereocenters. The Morgan fingerprint density at radius 2 is 2.57 bits per heavy atom. The lowest BCUT2D eigenvalue weighted by Crippen LogP contribution is -2.37.